The first-order valence-electron chi connectivity index (χ1n) is 11.6. The van der Waals surface area contributed by atoms with Crippen LogP contribution in [0.15, 0.2) is 44.7 Å². The number of nitrogens with zero attached hydrogens (tertiary/aromatic N) is 4. The van der Waals surface area contributed by atoms with Crippen LogP contribution in [0.25, 0.3) is 10.9 Å². The molecule has 0 bridgehead atoms. The van der Waals surface area contributed by atoms with E-state index < -0.39 is 4.92 Å². The van der Waals surface area contributed by atoms with E-state index in [9.17, 15) is 14.9 Å². The van der Waals surface area contributed by atoms with Crippen LogP contribution in [0.2, 0.25) is 0 Å². The predicted molar refractivity (Wildman–Crippen MR) is 138 cm³/mol. The number of rotatable bonds is 7. The van der Waals surface area contributed by atoms with Crippen LogP contribution >= 0.6 is 15.9 Å². The van der Waals surface area contributed by atoms with Gasteiger partial charge in [0.05, 0.1) is 35.3 Å². The molecule has 2 aromatic carbocycles. The summed E-state index contributed by atoms with van der Waals surface area (Å²) in [7, 11) is 1.42. The fourth-order valence-electron chi connectivity index (χ4n) is 4.35. The highest BCUT2D eigenvalue weighted by atomic mass is 79.9. The lowest BCUT2D eigenvalue weighted by molar-refractivity contribution is -0.386. The summed E-state index contributed by atoms with van der Waals surface area (Å²) >= 11 is 3.42. The van der Waals surface area contributed by atoms with Gasteiger partial charge in [-0.05, 0) is 51.0 Å². The molecular weight excluding hydrogens is 516 g/mol. The molecule has 3 aromatic rings. The average Bonchev–Trinajstić information content (AvgIpc) is 2.84. The van der Waals surface area contributed by atoms with Crippen molar-refractivity contribution >= 4 is 38.7 Å². The number of hydrogen-bond acceptors (Lipinski definition) is 7. The second kappa shape index (κ2) is 10.6. The summed E-state index contributed by atoms with van der Waals surface area (Å²) in [5.41, 5.74) is 0.507. The quantitative estimate of drug-likeness (QED) is 0.212. The largest absolute Gasteiger partial charge is 0.493 e. The molecule has 35 heavy (non-hydrogen) atoms. The van der Waals surface area contributed by atoms with Crippen molar-refractivity contribution in [3.8, 4) is 11.5 Å². The van der Waals surface area contributed by atoms with E-state index in [2.05, 4.69) is 21.0 Å². The van der Waals surface area contributed by atoms with E-state index in [1.165, 1.54) is 30.5 Å². The zero-order valence-corrected chi connectivity index (χ0v) is 21.4. The SMILES string of the molecule is COc1cc(C=Nn2c(C3CCCCC3)nc3ccc(Br)cc3c2=O)cc([N+](=O)[O-])c1OC(C)C. The molecule has 1 aliphatic rings. The van der Waals surface area contributed by atoms with Crippen molar-refractivity contribution in [3.63, 3.8) is 0 Å². The molecule has 1 saturated carbocycles. The van der Waals surface area contributed by atoms with E-state index in [0.29, 0.717) is 22.3 Å². The Morgan fingerprint density at radius 1 is 1.23 bits per heavy atom. The summed E-state index contributed by atoms with van der Waals surface area (Å²) < 4.78 is 13.1. The van der Waals surface area contributed by atoms with Gasteiger partial charge in [-0.2, -0.15) is 9.78 Å². The third-order valence-corrected chi connectivity index (χ3v) is 6.45. The van der Waals surface area contributed by atoms with Crippen LogP contribution in [-0.2, 0) is 0 Å². The predicted octanol–water partition coefficient (Wildman–Crippen LogP) is 5.79. The first-order chi connectivity index (χ1) is 16.8. The van der Waals surface area contributed by atoms with Gasteiger partial charge in [-0.1, -0.05) is 35.2 Å². The maximum atomic E-state index is 13.5. The number of ether oxygens (including phenoxy) is 2. The van der Waals surface area contributed by atoms with E-state index in [4.69, 9.17) is 14.5 Å². The van der Waals surface area contributed by atoms with E-state index in [-0.39, 0.29) is 34.8 Å². The molecule has 0 unspecified atom stereocenters. The Labute approximate surface area is 211 Å². The van der Waals surface area contributed by atoms with Gasteiger partial charge in [0, 0.05) is 22.0 Å². The molecule has 9 nitrogen and oxygen atoms in total. The van der Waals surface area contributed by atoms with Gasteiger partial charge in [0.15, 0.2) is 5.75 Å². The fraction of sp³-hybridized carbons (Fsp3) is 0.400. The summed E-state index contributed by atoms with van der Waals surface area (Å²) in [5, 5.41) is 16.7. The second-order valence-corrected chi connectivity index (χ2v) is 9.74. The lowest BCUT2D eigenvalue weighted by Crippen LogP contribution is -2.25. The maximum Gasteiger partial charge on any atom is 0.315 e. The van der Waals surface area contributed by atoms with Crippen molar-refractivity contribution in [2.24, 2.45) is 5.10 Å². The van der Waals surface area contributed by atoms with Crippen molar-refractivity contribution in [2.45, 2.75) is 58.0 Å². The second-order valence-electron chi connectivity index (χ2n) is 8.82. The first-order valence-corrected chi connectivity index (χ1v) is 12.4. The van der Waals surface area contributed by atoms with Crippen molar-refractivity contribution in [1.29, 1.82) is 0 Å². The zero-order valence-electron chi connectivity index (χ0n) is 19.9. The molecule has 0 aliphatic heterocycles. The first kappa shape index (κ1) is 24.8. The third kappa shape index (κ3) is 5.37. The minimum Gasteiger partial charge on any atom is -0.493 e. The fourth-order valence-corrected chi connectivity index (χ4v) is 4.71. The minimum atomic E-state index is -0.522. The van der Waals surface area contributed by atoms with Crippen LogP contribution in [0.1, 0.15) is 63.3 Å². The molecule has 0 atom stereocenters. The number of aromatic nitrogens is 2. The number of hydrogen-bond donors (Lipinski definition) is 0. The Morgan fingerprint density at radius 3 is 2.63 bits per heavy atom. The third-order valence-electron chi connectivity index (χ3n) is 5.95. The van der Waals surface area contributed by atoms with Crippen molar-refractivity contribution in [3.05, 3.63) is 66.7 Å². The molecular formula is C25H27BrN4O5. The lowest BCUT2D eigenvalue weighted by Gasteiger charge is -2.22. The summed E-state index contributed by atoms with van der Waals surface area (Å²) in [5.74, 6) is 1.01. The van der Waals surface area contributed by atoms with Crippen molar-refractivity contribution in [1.82, 2.24) is 9.66 Å². The van der Waals surface area contributed by atoms with Crippen LogP contribution in [-0.4, -0.2) is 34.0 Å². The number of halogens is 1. The van der Waals surface area contributed by atoms with Crippen LogP contribution in [0.3, 0.4) is 0 Å². The van der Waals surface area contributed by atoms with Gasteiger partial charge in [-0.15, -0.1) is 0 Å². The standard InChI is InChI=1S/C25H27BrN4O5/c1-15(2)35-23-21(30(32)33)11-16(12-22(23)34-3)14-27-29-24(17-7-5-4-6-8-17)28-20-10-9-18(26)13-19(20)25(29)31/h9-15,17H,4-8H2,1-3H3. The van der Waals surface area contributed by atoms with E-state index in [1.54, 1.807) is 26.0 Å². The lowest BCUT2D eigenvalue weighted by atomic mass is 9.88. The Kier molecular flexibility index (Phi) is 7.49. The van der Waals surface area contributed by atoms with Crippen LogP contribution in [0.5, 0.6) is 11.5 Å². The van der Waals surface area contributed by atoms with E-state index in [0.717, 1.165) is 30.2 Å². The van der Waals surface area contributed by atoms with Gasteiger partial charge in [-0.3, -0.25) is 14.9 Å². The smallest absolute Gasteiger partial charge is 0.315 e. The Balaban J connectivity index is 1.85. The molecule has 1 aliphatic carbocycles. The number of nitro benzene ring substituents is 1. The van der Waals surface area contributed by atoms with Crippen molar-refractivity contribution < 1.29 is 14.4 Å². The Bertz CT molecular complexity index is 1350. The number of nitro groups is 1. The molecule has 0 spiro atoms. The van der Waals surface area contributed by atoms with Gasteiger partial charge in [0.25, 0.3) is 5.56 Å². The average molecular weight is 543 g/mol. The minimum absolute atomic E-state index is 0.0573. The number of benzene rings is 2. The topological polar surface area (TPSA) is 109 Å². The van der Waals surface area contributed by atoms with Crippen LogP contribution in [0.4, 0.5) is 5.69 Å². The number of methoxy groups -OCH3 is 1. The molecule has 0 saturated heterocycles. The normalized spacial score (nSPS) is 14.7. The van der Waals surface area contributed by atoms with E-state index >= 15 is 0 Å². The van der Waals surface area contributed by atoms with Crippen LogP contribution in [0, 0.1) is 10.1 Å². The highest BCUT2D eigenvalue weighted by Crippen LogP contribution is 2.39. The molecule has 1 heterocycles. The highest BCUT2D eigenvalue weighted by Gasteiger charge is 2.24. The molecule has 1 fully saturated rings. The Hall–Kier alpha value is -3.27. The number of fused-ring (bicyclic) bond motifs is 1. The summed E-state index contributed by atoms with van der Waals surface area (Å²) in [6, 6.07) is 8.38. The maximum absolute atomic E-state index is 13.5. The van der Waals surface area contributed by atoms with Crippen molar-refractivity contribution in [2.75, 3.05) is 7.11 Å². The summed E-state index contributed by atoms with van der Waals surface area (Å²) in [4.78, 5) is 29.5. The summed E-state index contributed by atoms with van der Waals surface area (Å²) in [6.45, 7) is 3.56. The molecule has 10 heteroatoms. The van der Waals surface area contributed by atoms with E-state index in [1.807, 2.05) is 12.1 Å². The van der Waals surface area contributed by atoms with Crippen LogP contribution < -0.4 is 15.0 Å². The molecule has 0 N–H and O–H groups in total. The van der Waals surface area contributed by atoms with Gasteiger partial charge in [-0.25, -0.2) is 4.98 Å². The molecule has 0 amide bonds. The Morgan fingerprint density at radius 2 is 1.97 bits per heavy atom. The molecule has 1 aromatic heterocycles. The molecule has 4 rings (SSSR count). The highest BCUT2D eigenvalue weighted by molar-refractivity contribution is 9.10. The summed E-state index contributed by atoms with van der Waals surface area (Å²) in [6.07, 6.45) is 6.33. The van der Waals surface area contributed by atoms with Gasteiger partial charge < -0.3 is 9.47 Å². The van der Waals surface area contributed by atoms with Gasteiger partial charge in [0.2, 0.25) is 5.75 Å². The van der Waals surface area contributed by atoms with Gasteiger partial charge >= 0.3 is 5.69 Å². The monoisotopic (exact) mass is 542 g/mol. The van der Waals surface area contributed by atoms with Gasteiger partial charge in [0.1, 0.15) is 5.82 Å². The molecule has 0 radical (unpaired) electrons. The zero-order chi connectivity index (χ0) is 25.1. The molecule has 184 valence electrons.